The Morgan fingerprint density at radius 3 is 2.61 bits per heavy atom. The third-order valence-electron chi connectivity index (χ3n) is 4.49. The van der Waals surface area contributed by atoms with E-state index in [1.807, 2.05) is 41.1 Å². The zero-order valence-corrected chi connectivity index (χ0v) is 17.7. The van der Waals surface area contributed by atoms with Gasteiger partial charge in [0.25, 0.3) is 0 Å². The molecule has 0 fully saturated rings. The van der Waals surface area contributed by atoms with Gasteiger partial charge in [-0.25, -0.2) is 4.68 Å². The smallest absolute Gasteiger partial charge is 0.209 e. The minimum atomic E-state index is 0.542. The number of aromatic nitrogens is 6. The van der Waals surface area contributed by atoms with Crippen LogP contribution in [0.4, 0.5) is 0 Å². The van der Waals surface area contributed by atoms with Gasteiger partial charge in [-0.1, -0.05) is 37.3 Å². The number of hydrogen-bond acceptors (Lipinski definition) is 5. The summed E-state index contributed by atoms with van der Waals surface area (Å²) in [6.45, 7) is 2.68. The third-order valence-corrected chi connectivity index (χ3v) is 5.53. The number of benzene rings is 2. The van der Waals surface area contributed by atoms with Gasteiger partial charge in [-0.05, 0) is 63.6 Å². The minimum Gasteiger partial charge on any atom is -0.497 e. The molecule has 8 heteroatoms. The van der Waals surface area contributed by atoms with E-state index in [4.69, 9.17) is 4.74 Å². The van der Waals surface area contributed by atoms with E-state index in [0.717, 1.165) is 32.7 Å². The SMILES string of the molecule is CCc1ccccc1-n1ncc(-c2nnn(Cc3ccc(OC)cc3)n2)c1I. The van der Waals surface area contributed by atoms with Gasteiger partial charge in [-0.3, -0.25) is 0 Å². The van der Waals surface area contributed by atoms with Gasteiger partial charge in [0.2, 0.25) is 5.82 Å². The highest BCUT2D eigenvalue weighted by Crippen LogP contribution is 2.25. The van der Waals surface area contributed by atoms with Gasteiger partial charge < -0.3 is 4.74 Å². The van der Waals surface area contributed by atoms with Crippen LogP contribution in [0.5, 0.6) is 5.75 Å². The summed E-state index contributed by atoms with van der Waals surface area (Å²) in [7, 11) is 1.65. The highest BCUT2D eigenvalue weighted by molar-refractivity contribution is 14.1. The molecule has 4 rings (SSSR count). The van der Waals surface area contributed by atoms with Crippen molar-refractivity contribution in [2.45, 2.75) is 19.9 Å². The fraction of sp³-hybridized carbons (Fsp3) is 0.200. The first kappa shape index (κ1) is 18.6. The standard InChI is InChI=1S/C20H19IN6O/c1-3-15-6-4-5-7-18(15)27-19(21)17(12-22-27)20-23-25-26(24-20)13-14-8-10-16(28-2)11-9-14/h4-12H,3,13H2,1-2H3. The van der Waals surface area contributed by atoms with Gasteiger partial charge in [-0.2, -0.15) is 9.90 Å². The molecule has 0 bridgehead atoms. The number of hydrogen-bond donors (Lipinski definition) is 0. The second kappa shape index (κ2) is 8.09. The van der Waals surface area contributed by atoms with Crippen LogP contribution in [0.1, 0.15) is 18.1 Å². The molecule has 0 spiro atoms. The van der Waals surface area contributed by atoms with Crippen LogP contribution in [0.3, 0.4) is 0 Å². The van der Waals surface area contributed by atoms with Gasteiger partial charge >= 0.3 is 0 Å². The normalized spacial score (nSPS) is 11.0. The summed E-state index contributed by atoms with van der Waals surface area (Å²) in [5.41, 5.74) is 4.26. The molecule has 0 saturated heterocycles. The number of methoxy groups -OCH3 is 1. The van der Waals surface area contributed by atoms with Gasteiger partial charge in [0, 0.05) is 0 Å². The highest BCUT2D eigenvalue weighted by Gasteiger charge is 2.17. The molecule has 0 radical (unpaired) electrons. The van der Waals surface area contributed by atoms with Crippen molar-refractivity contribution in [3.8, 4) is 22.8 Å². The number of ether oxygens (including phenoxy) is 1. The van der Waals surface area contributed by atoms with Crippen LogP contribution in [0, 0.1) is 3.70 Å². The monoisotopic (exact) mass is 486 g/mol. The van der Waals surface area contributed by atoms with E-state index in [1.165, 1.54) is 5.56 Å². The first-order valence-electron chi connectivity index (χ1n) is 8.92. The summed E-state index contributed by atoms with van der Waals surface area (Å²) in [4.78, 5) is 1.59. The Labute approximate surface area is 176 Å². The third kappa shape index (κ3) is 3.64. The molecule has 2 heterocycles. The van der Waals surface area contributed by atoms with E-state index in [9.17, 15) is 0 Å². The fourth-order valence-corrected chi connectivity index (χ4v) is 3.75. The Kier molecular flexibility index (Phi) is 5.38. The predicted octanol–water partition coefficient (Wildman–Crippen LogP) is 3.75. The maximum absolute atomic E-state index is 5.19. The first-order valence-corrected chi connectivity index (χ1v) is 10.0. The molecule has 2 aromatic heterocycles. The molecule has 0 aliphatic carbocycles. The van der Waals surface area contributed by atoms with Crippen LogP contribution in [-0.2, 0) is 13.0 Å². The summed E-state index contributed by atoms with van der Waals surface area (Å²) in [6, 6.07) is 16.1. The van der Waals surface area contributed by atoms with E-state index in [-0.39, 0.29) is 0 Å². The van der Waals surface area contributed by atoms with Gasteiger partial charge in [0.15, 0.2) is 0 Å². The maximum atomic E-state index is 5.19. The predicted molar refractivity (Wildman–Crippen MR) is 115 cm³/mol. The molecule has 2 aromatic carbocycles. The quantitative estimate of drug-likeness (QED) is 0.389. The highest BCUT2D eigenvalue weighted by atomic mass is 127. The largest absolute Gasteiger partial charge is 0.497 e. The maximum Gasteiger partial charge on any atom is 0.209 e. The fourth-order valence-electron chi connectivity index (χ4n) is 2.98. The van der Waals surface area contributed by atoms with Crippen molar-refractivity contribution in [3.63, 3.8) is 0 Å². The van der Waals surface area contributed by atoms with Gasteiger partial charge in [0.1, 0.15) is 9.45 Å². The average Bonchev–Trinajstić information content (AvgIpc) is 3.34. The number of aryl methyl sites for hydroxylation is 1. The summed E-state index contributed by atoms with van der Waals surface area (Å²) in [6.07, 6.45) is 2.74. The molecule has 0 aliphatic heterocycles. The minimum absolute atomic E-state index is 0.542. The lowest BCUT2D eigenvalue weighted by Crippen LogP contribution is -2.04. The second-order valence-corrected chi connectivity index (χ2v) is 7.26. The van der Waals surface area contributed by atoms with Gasteiger partial charge in [-0.15, -0.1) is 10.2 Å². The molecule has 142 valence electrons. The van der Waals surface area contributed by atoms with Crippen molar-refractivity contribution in [3.05, 3.63) is 69.6 Å². The Balaban J connectivity index is 1.60. The first-order chi connectivity index (χ1) is 13.7. The van der Waals surface area contributed by atoms with Crippen molar-refractivity contribution in [1.82, 2.24) is 30.0 Å². The second-order valence-electron chi connectivity index (χ2n) is 6.23. The Hall–Kier alpha value is -2.75. The van der Waals surface area contributed by atoms with Crippen molar-refractivity contribution in [2.75, 3.05) is 7.11 Å². The van der Waals surface area contributed by atoms with Crippen molar-refractivity contribution in [2.24, 2.45) is 0 Å². The van der Waals surface area contributed by atoms with E-state index >= 15 is 0 Å². The van der Waals surface area contributed by atoms with E-state index in [1.54, 1.807) is 18.1 Å². The summed E-state index contributed by atoms with van der Waals surface area (Å²) in [5.74, 6) is 1.39. The molecule has 0 N–H and O–H groups in total. The van der Waals surface area contributed by atoms with Crippen LogP contribution < -0.4 is 4.74 Å². The molecule has 7 nitrogen and oxygen atoms in total. The summed E-state index contributed by atoms with van der Waals surface area (Å²) in [5, 5.41) is 17.5. The van der Waals surface area contributed by atoms with E-state index in [2.05, 4.69) is 62.2 Å². The molecule has 0 aliphatic rings. The molecular weight excluding hydrogens is 467 g/mol. The van der Waals surface area contributed by atoms with Crippen LogP contribution in [0.15, 0.2) is 54.7 Å². The lowest BCUT2D eigenvalue weighted by molar-refractivity contribution is 0.414. The molecular formula is C20H19IN6O. The lowest BCUT2D eigenvalue weighted by Gasteiger charge is -2.08. The van der Waals surface area contributed by atoms with Crippen LogP contribution in [0.2, 0.25) is 0 Å². The summed E-state index contributed by atoms with van der Waals surface area (Å²) >= 11 is 2.29. The number of tetrazole rings is 1. The lowest BCUT2D eigenvalue weighted by atomic mass is 10.1. The molecule has 28 heavy (non-hydrogen) atoms. The van der Waals surface area contributed by atoms with Crippen molar-refractivity contribution < 1.29 is 4.74 Å². The van der Waals surface area contributed by atoms with Gasteiger partial charge in [0.05, 0.1) is 31.1 Å². The number of rotatable bonds is 6. The van der Waals surface area contributed by atoms with E-state index < -0.39 is 0 Å². The van der Waals surface area contributed by atoms with Crippen LogP contribution in [-0.4, -0.2) is 37.1 Å². The molecule has 0 unspecified atom stereocenters. The van der Waals surface area contributed by atoms with E-state index in [0.29, 0.717) is 12.4 Å². The topological polar surface area (TPSA) is 70.7 Å². The molecule has 0 atom stereocenters. The molecule has 4 aromatic rings. The number of para-hydroxylation sites is 1. The van der Waals surface area contributed by atoms with Crippen molar-refractivity contribution >= 4 is 22.6 Å². The van der Waals surface area contributed by atoms with Crippen LogP contribution in [0.25, 0.3) is 17.1 Å². The summed E-state index contributed by atoms with van der Waals surface area (Å²) < 4.78 is 8.08. The number of halogens is 1. The zero-order valence-electron chi connectivity index (χ0n) is 15.6. The molecule has 0 saturated carbocycles. The molecule has 0 amide bonds. The zero-order chi connectivity index (χ0) is 19.5. The Morgan fingerprint density at radius 2 is 1.86 bits per heavy atom. The van der Waals surface area contributed by atoms with Crippen LogP contribution >= 0.6 is 22.6 Å². The average molecular weight is 486 g/mol. The van der Waals surface area contributed by atoms with Crippen molar-refractivity contribution in [1.29, 1.82) is 0 Å². The Morgan fingerprint density at radius 1 is 1.07 bits per heavy atom. The number of nitrogens with zero attached hydrogens (tertiary/aromatic N) is 6. The Bertz CT molecular complexity index is 1090.